The summed E-state index contributed by atoms with van der Waals surface area (Å²) in [5.74, 6) is 1.99. The second kappa shape index (κ2) is 8.06. The van der Waals surface area contributed by atoms with Gasteiger partial charge in [-0.25, -0.2) is 5.43 Å². The number of fused-ring (bicyclic) bond motifs is 1. The van der Waals surface area contributed by atoms with Gasteiger partial charge in [-0.2, -0.15) is 5.10 Å². The molecule has 1 aliphatic heterocycles. The Morgan fingerprint density at radius 1 is 1.23 bits per heavy atom. The number of nitrogens with one attached hydrogen (secondary N) is 1. The van der Waals surface area contributed by atoms with E-state index >= 15 is 0 Å². The summed E-state index contributed by atoms with van der Waals surface area (Å²) >= 11 is 0. The van der Waals surface area contributed by atoms with Crippen LogP contribution in [0.2, 0.25) is 0 Å². The highest BCUT2D eigenvalue weighted by atomic mass is 16.7. The van der Waals surface area contributed by atoms with E-state index in [0.29, 0.717) is 35.2 Å². The van der Waals surface area contributed by atoms with E-state index < -0.39 is 0 Å². The van der Waals surface area contributed by atoms with Crippen LogP contribution in [0.5, 0.6) is 23.0 Å². The molecule has 1 N–H and O–H groups in total. The Labute approximate surface area is 150 Å². The summed E-state index contributed by atoms with van der Waals surface area (Å²) in [5.41, 5.74) is 3.65. The van der Waals surface area contributed by atoms with Crippen LogP contribution in [-0.4, -0.2) is 32.6 Å². The van der Waals surface area contributed by atoms with E-state index in [9.17, 15) is 4.79 Å². The molecule has 0 atom stereocenters. The fraction of sp³-hybridized carbons (Fsp3) is 0.158. The van der Waals surface area contributed by atoms with Gasteiger partial charge in [-0.3, -0.25) is 4.79 Å². The number of hydrogen-bond acceptors (Lipinski definition) is 6. The molecule has 0 fully saturated rings. The van der Waals surface area contributed by atoms with Crippen LogP contribution in [-0.2, 0) is 0 Å². The fourth-order valence-corrected chi connectivity index (χ4v) is 2.30. The van der Waals surface area contributed by atoms with Gasteiger partial charge < -0.3 is 18.9 Å². The smallest absolute Gasteiger partial charge is 0.271 e. The summed E-state index contributed by atoms with van der Waals surface area (Å²) in [5, 5.41) is 3.97. The first kappa shape index (κ1) is 17.3. The zero-order valence-electron chi connectivity index (χ0n) is 14.2. The van der Waals surface area contributed by atoms with E-state index in [1.54, 1.807) is 49.6 Å². The van der Waals surface area contributed by atoms with E-state index in [2.05, 4.69) is 17.1 Å². The maximum atomic E-state index is 12.2. The molecule has 2 aromatic carbocycles. The number of hydrazone groups is 1. The Morgan fingerprint density at radius 3 is 2.88 bits per heavy atom. The molecule has 0 aliphatic carbocycles. The molecule has 1 heterocycles. The highest BCUT2D eigenvalue weighted by molar-refractivity contribution is 5.95. The van der Waals surface area contributed by atoms with Crippen LogP contribution >= 0.6 is 0 Å². The van der Waals surface area contributed by atoms with Gasteiger partial charge in [0, 0.05) is 5.56 Å². The first-order valence-electron chi connectivity index (χ1n) is 7.86. The van der Waals surface area contributed by atoms with Crippen LogP contribution in [0.3, 0.4) is 0 Å². The number of carbonyl (C=O) groups excluding carboxylic acids is 1. The van der Waals surface area contributed by atoms with Crippen LogP contribution in [0.25, 0.3) is 0 Å². The number of nitrogens with zero attached hydrogens (tertiary/aromatic N) is 1. The largest absolute Gasteiger partial charge is 0.493 e. The lowest BCUT2D eigenvalue weighted by molar-refractivity contribution is 0.0954. The summed E-state index contributed by atoms with van der Waals surface area (Å²) in [6.07, 6.45) is 3.17. The molecule has 134 valence electrons. The van der Waals surface area contributed by atoms with Crippen molar-refractivity contribution in [3.05, 3.63) is 60.2 Å². The van der Waals surface area contributed by atoms with E-state index in [4.69, 9.17) is 18.9 Å². The topological polar surface area (TPSA) is 78.4 Å². The van der Waals surface area contributed by atoms with Gasteiger partial charge in [-0.05, 0) is 42.0 Å². The predicted octanol–water partition coefficient (Wildman–Crippen LogP) is 2.75. The number of ether oxygens (including phenoxy) is 4. The molecule has 0 saturated carbocycles. The van der Waals surface area contributed by atoms with Crippen molar-refractivity contribution in [3.63, 3.8) is 0 Å². The van der Waals surface area contributed by atoms with E-state index in [1.165, 1.54) is 6.21 Å². The third-order valence-electron chi connectivity index (χ3n) is 3.56. The number of methoxy groups -OCH3 is 1. The fourth-order valence-electron chi connectivity index (χ4n) is 2.30. The van der Waals surface area contributed by atoms with Gasteiger partial charge in [-0.15, -0.1) is 0 Å². The lowest BCUT2D eigenvalue weighted by Crippen LogP contribution is -2.17. The third kappa shape index (κ3) is 3.94. The molecule has 0 radical (unpaired) electrons. The standard InChI is InChI=1S/C19H18N2O5/c1-3-8-24-15-6-4-13(9-17(15)23-2)11-20-21-19(22)14-5-7-16-18(10-14)26-12-25-16/h3-7,9-11H,1,8,12H2,2H3,(H,21,22)/b20-11-. The highest BCUT2D eigenvalue weighted by Crippen LogP contribution is 2.32. The Hall–Kier alpha value is -3.48. The molecular weight excluding hydrogens is 336 g/mol. The third-order valence-corrected chi connectivity index (χ3v) is 3.56. The lowest BCUT2D eigenvalue weighted by Gasteiger charge is -2.09. The van der Waals surface area contributed by atoms with Crippen LogP contribution in [0, 0.1) is 0 Å². The van der Waals surface area contributed by atoms with E-state index in [0.717, 1.165) is 5.56 Å². The van der Waals surface area contributed by atoms with Crippen molar-refractivity contribution in [2.45, 2.75) is 0 Å². The summed E-state index contributed by atoms with van der Waals surface area (Å²) in [4.78, 5) is 12.2. The van der Waals surface area contributed by atoms with Gasteiger partial charge in [-0.1, -0.05) is 12.7 Å². The van der Waals surface area contributed by atoms with Crippen molar-refractivity contribution in [1.82, 2.24) is 5.43 Å². The van der Waals surface area contributed by atoms with Crippen molar-refractivity contribution in [3.8, 4) is 23.0 Å². The number of carbonyl (C=O) groups is 1. The Kier molecular flexibility index (Phi) is 5.38. The second-order valence-corrected chi connectivity index (χ2v) is 5.28. The monoisotopic (exact) mass is 354 g/mol. The minimum atomic E-state index is -0.350. The molecule has 7 nitrogen and oxygen atoms in total. The van der Waals surface area contributed by atoms with Crippen molar-refractivity contribution in [2.24, 2.45) is 5.10 Å². The quantitative estimate of drug-likeness (QED) is 0.470. The molecular formula is C19H18N2O5. The number of amides is 1. The van der Waals surface area contributed by atoms with Crippen LogP contribution in [0.15, 0.2) is 54.2 Å². The molecule has 3 rings (SSSR count). The van der Waals surface area contributed by atoms with Crippen molar-refractivity contribution in [2.75, 3.05) is 20.5 Å². The van der Waals surface area contributed by atoms with E-state index in [-0.39, 0.29) is 12.7 Å². The van der Waals surface area contributed by atoms with Crippen LogP contribution < -0.4 is 24.4 Å². The molecule has 26 heavy (non-hydrogen) atoms. The minimum Gasteiger partial charge on any atom is -0.493 e. The molecule has 2 aromatic rings. The number of hydrogen-bond donors (Lipinski definition) is 1. The SMILES string of the molecule is C=CCOc1ccc(/C=N\NC(=O)c2ccc3c(c2)OCO3)cc1OC. The number of rotatable bonds is 7. The zero-order chi connectivity index (χ0) is 18.4. The molecule has 0 unspecified atom stereocenters. The van der Waals surface area contributed by atoms with Gasteiger partial charge in [0.2, 0.25) is 6.79 Å². The summed E-state index contributed by atoms with van der Waals surface area (Å²) < 4.78 is 21.3. The predicted molar refractivity (Wildman–Crippen MR) is 96.3 cm³/mol. The zero-order valence-corrected chi connectivity index (χ0v) is 14.2. The van der Waals surface area contributed by atoms with Gasteiger partial charge in [0.1, 0.15) is 6.61 Å². The van der Waals surface area contributed by atoms with Gasteiger partial charge in [0.15, 0.2) is 23.0 Å². The Morgan fingerprint density at radius 2 is 2.08 bits per heavy atom. The first-order valence-corrected chi connectivity index (χ1v) is 7.86. The maximum absolute atomic E-state index is 12.2. The molecule has 7 heteroatoms. The van der Waals surface area contributed by atoms with Crippen LogP contribution in [0.4, 0.5) is 0 Å². The van der Waals surface area contributed by atoms with Gasteiger partial charge in [0.05, 0.1) is 13.3 Å². The highest BCUT2D eigenvalue weighted by Gasteiger charge is 2.15. The minimum absolute atomic E-state index is 0.160. The summed E-state index contributed by atoms with van der Waals surface area (Å²) in [6.45, 7) is 4.15. The molecule has 0 spiro atoms. The molecule has 0 bridgehead atoms. The van der Waals surface area contributed by atoms with Crippen molar-refractivity contribution >= 4 is 12.1 Å². The van der Waals surface area contributed by atoms with Crippen LogP contribution in [0.1, 0.15) is 15.9 Å². The number of benzene rings is 2. The summed E-state index contributed by atoms with van der Waals surface area (Å²) in [7, 11) is 1.55. The van der Waals surface area contributed by atoms with Gasteiger partial charge in [0.25, 0.3) is 5.91 Å². The Bertz CT molecular complexity index is 848. The molecule has 0 saturated heterocycles. The average molecular weight is 354 g/mol. The average Bonchev–Trinajstić information content (AvgIpc) is 3.14. The van der Waals surface area contributed by atoms with Crippen molar-refractivity contribution in [1.29, 1.82) is 0 Å². The summed E-state index contributed by atoms with van der Waals surface area (Å²) in [6, 6.07) is 10.3. The molecule has 1 amide bonds. The molecule has 0 aromatic heterocycles. The lowest BCUT2D eigenvalue weighted by atomic mass is 10.2. The maximum Gasteiger partial charge on any atom is 0.271 e. The second-order valence-electron chi connectivity index (χ2n) is 5.28. The van der Waals surface area contributed by atoms with Crippen molar-refractivity contribution < 1.29 is 23.7 Å². The normalized spacial score (nSPS) is 12.0. The van der Waals surface area contributed by atoms with Gasteiger partial charge >= 0.3 is 0 Å². The van der Waals surface area contributed by atoms with E-state index in [1.807, 2.05) is 0 Å². The first-order chi connectivity index (χ1) is 12.7. The Balaban J connectivity index is 1.64. The molecule has 1 aliphatic rings.